The topological polar surface area (TPSA) is 49.8 Å². The van der Waals surface area contributed by atoms with Crippen molar-refractivity contribution in [2.45, 2.75) is 0 Å². The molecule has 3 heteroatoms. The fraction of sp³-hybridized carbons (Fsp3) is 0. The first-order chi connectivity index (χ1) is 26.8. The summed E-state index contributed by atoms with van der Waals surface area (Å²) in [5.74, 6) is 0. The Bertz CT molecular complexity index is 2720. The van der Waals surface area contributed by atoms with Crippen molar-refractivity contribution in [2.75, 3.05) is 0 Å². The van der Waals surface area contributed by atoms with E-state index in [0.717, 1.165) is 5.56 Å². The molecule has 0 saturated heterocycles. The summed E-state index contributed by atoms with van der Waals surface area (Å²) in [6, 6.07) is 69.9. The number of nitrogens with two attached hydrogens (primary N) is 1. The smallest absolute Gasteiger partial charge is 0.0991 e. The summed E-state index contributed by atoms with van der Waals surface area (Å²) < 4.78 is 0. The molecule has 2 N–H and O–H groups in total. The molecule has 54 heavy (non-hydrogen) atoms. The summed E-state index contributed by atoms with van der Waals surface area (Å²) in [6.45, 7) is 0. The molecule has 1 aliphatic rings. The van der Waals surface area contributed by atoms with Crippen molar-refractivity contribution in [2.24, 2.45) is 5.14 Å². The van der Waals surface area contributed by atoms with Gasteiger partial charge in [-0.15, -0.1) is 12.8 Å². The fourth-order valence-corrected chi connectivity index (χ4v) is 8.30. The van der Waals surface area contributed by atoms with E-state index in [1.165, 1.54) is 93.9 Å². The van der Waals surface area contributed by atoms with Crippen LogP contribution in [0.3, 0.4) is 0 Å². The first-order valence-corrected chi connectivity index (χ1v) is 18.5. The SMILES string of the molecule is N#Cc1ccc(-c2ccc3c4c(cccc24)-c2c-3c(-c3ccc(-c4ccccc4)cc3)c3ccccc3c2-c2ccc(-c3ccccc3)cc2)cc1.NS. The molecule has 0 radical (unpaired) electrons. The van der Waals surface area contributed by atoms with Crippen molar-refractivity contribution in [1.82, 2.24) is 0 Å². The quantitative estimate of drug-likeness (QED) is 0.175. The second kappa shape index (κ2) is 14.0. The first kappa shape index (κ1) is 33.2. The lowest BCUT2D eigenvalue weighted by Gasteiger charge is -2.21. The standard InChI is InChI=1S/C51H31N.H3NS/c52-32-33-18-20-38(21-19-33)41-30-31-46-49-42(41)16-9-17-45(49)50-47(39-26-22-36(23-27-39)34-10-3-1-4-11-34)43-14-7-8-15-44(43)48(51(46)50)40-28-24-37(25-29-40)35-12-5-2-6-13-35;1-2/h1-31H;2H,1H2. The number of rotatable bonds is 5. The van der Waals surface area contributed by atoms with Gasteiger partial charge in [0, 0.05) is 0 Å². The molecule has 9 aromatic carbocycles. The lowest BCUT2D eigenvalue weighted by molar-refractivity contribution is 1.48. The van der Waals surface area contributed by atoms with Crippen molar-refractivity contribution < 1.29 is 0 Å². The zero-order chi connectivity index (χ0) is 36.6. The van der Waals surface area contributed by atoms with Gasteiger partial charge in [0.1, 0.15) is 0 Å². The average molecular weight is 707 g/mol. The van der Waals surface area contributed by atoms with Crippen LogP contribution in [0.1, 0.15) is 5.56 Å². The van der Waals surface area contributed by atoms with Crippen molar-refractivity contribution in [3.8, 4) is 84.0 Å². The van der Waals surface area contributed by atoms with Crippen LogP contribution in [0.4, 0.5) is 0 Å². The van der Waals surface area contributed by atoms with Gasteiger partial charge in [-0.25, -0.2) is 0 Å². The van der Waals surface area contributed by atoms with Gasteiger partial charge < -0.3 is 0 Å². The third kappa shape index (κ3) is 5.49. The number of nitrogens with zero attached hydrogens (tertiary/aromatic N) is 1. The molecule has 2 nitrogen and oxygen atoms in total. The minimum atomic E-state index is 0.666. The maximum atomic E-state index is 9.47. The van der Waals surface area contributed by atoms with Crippen LogP contribution in [0.2, 0.25) is 0 Å². The monoisotopic (exact) mass is 706 g/mol. The molecule has 0 heterocycles. The molecule has 9 aromatic rings. The third-order valence-corrected chi connectivity index (χ3v) is 10.7. The minimum Gasteiger partial charge on any atom is -0.281 e. The normalized spacial score (nSPS) is 11.1. The lowest BCUT2D eigenvalue weighted by atomic mass is 9.82. The van der Waals surface area contributed by atoms with Gasteiger partial charge in [0.05, 0.1) is 11.6 Å². The van der Waals surface area contributed by atoms with Crippen molar-refractivity contribution >= 4 is 34.4 Å². The highest BCUT2D eigenvalue weighted by atomic mass is 32.1. The Kier molecular flexibility index (Phi) is 8.61. The van der Waals surface area contributed by atoms with E-state index < -0.39 is 0 Å². The van der Waals surface area contributed by atoms with Gasteiger partial charge in [-0.1, -0.05) is 176 Å². The van der Waals surface area contributed by atoms with Crippen molar-refractivity contribution in [3.63, 3.8) is 0 Å². The molecular formula is C51H34N2S. The molecule has 0 aromatic heterocycles. The number of benzene rings is 9. The largest absolute Gasteiger partial charge is 0.281 e. The Labute approximate surface area is 321 Å². The van der Waals surface area contributed by atoms with E-state index in [2.05, 4.69) is 200 Å². The van der Waals surface area contributed by atoms with Crippen LogP contribution in [0.5, 0.6) is 0 Å². The Hall–Kier alpha value is -6.70. The van der Waals surface area contributed by atoms with Crippen molar-refractivity contribution in [3.05, 3.63) is 194 Å². The van der Waals surface area contributed by atoms with Crippen LogP contribution in [-0.4, -0.2) is 0 Å². The Balaban J connectivity index is 0.00000189. The minimum absolute atomic E-state index is 0.666. The van der Waals surface area contributed by atoms with Crippen LogP contribution in [0.15, 0.2) is 188 Å². The van der Waals surface area contributed by atoms with Gasteiger partial charge in [-0.05, 0) is 112 Å². The van der Waals surface area contributed by atoms with Gasteiger partial charge in [0.25, 0.3) is 0 Å². The average Bonchev–Trinajstić information content (AvgIpc) is 3.59. The molecule has 0 spiro atoms. The Morgan fingerprint density at radius 3 is 1.20 bits per heavy atom. The second-order valence-electron chi connectivity index (χ2n) is 13.5. The van der Waals surface area contributed by atoms with E-state index in [4.69, 9.17) is 0 Å². The van der Waals surface area contributed by atoms with Crippen LogP contribution in [-0.2, 0) is 0 Å². The van der Waals surface area contributed by atoms with E-state index in [-0.39, 0.29) is 0 Å². The highest BCUT2D eigenvalue weighted by Crippen LogP contribution is 2.58. The van der Waals surface area contributed by atoms with E-state index in [1.54, 1.807) is 0 Å². The first-order valence-electron chi connectivity index (χ1n) is 18.0. The molecule has 0 aliphatic heterocycles. The molecule has 0 fully saturated rings. The molecule has 1 aliphatic carbocycles. The van der Waals surface area contributed by atoms with Crippen molar-refractivity contribution in [1.29, 1.82) is 5.26 Å². The van der Waals surface area contributed by atoms with E-state index in [0.29, 0.717) is 5.56 Å². The molecule has 0 atom stereocenters. The van der Waals surface area contributed by atoms with E-state index in [9.17, 15) is 5.26 Å². The summed E-state index contributed by atoms with van der Waals surface area (Å²) >= 11 is 3.03. The second-order valence-corrected chi connectivity index (χ2v) is 13.5. The summed E-state index contributed by atoms with van der Waals surface area (Å²) in [4.78, 5) is 0. The molecule has 254 valence electrons. The van der Waals surface area contributed by atoms with Gasteiger partial charge in [0.15, 0.2) is 0 Å². The Morgan fingerprint density at radius 1 is 0.315 bits per heavy atom. The summed E-state index contributed by atoms with van der Waals surface area (Å²) in [6.07, 6.45) is 0. The van der Waals surface area contributed by atoms with Crippen LogP contribution in [0.25, 0.3) is 99.4 Å². The maximum Gasteiger partial charge on any atom is 0.0991 e. The number of thiol groups is 1. The summed E-state index contributed by atoms with van der Waals surface area (Å²) in [7, 11) is 0. The zero-order valence-electron chi connectivity index (χ0n) is 29.4. The molecule has 0 saturated carbocycles. The van der Waals surface area contributed by atoms with Gasteiger partial charge in [-0.3, -0.25) is 5.14 Å². The maximum absolute atomic E-state index is 9.47. The van der Waals surface area contributed by atoms with E-state index >= 15 is 0 Å². The molecule has 10 rings (SSSR count). The van der Waals surface area contributed by atoms with Gasteiger partial charge in [0.2, 0.25) is 0 Å². The number of nitriles is 1. The van der Waals surface area contributed by atoms with Crippen LogP contribution >= 0.6 is 12.8 Å². The number of hydrogen-bond donors (Lipinski definition) is 2. The molecule has 0 bridgehead atoms. The lowest BCUT2D eigenvalue weighted by Crippen LogP contribution is -1.94. The van der Waals surface area contributed by atoms with E-state index in [1.807, 2.05) is 12.1 Å². The Morgan fingerprint density at radius 2 is 0.704 bits per heavy atom. The molecule has 0 amide bonds. The highest BCUT2D eigenvalue weighted by Gasteiger charge is 2.31. The zero-order valence-corrected chi connectivity index (χ0v) is 30.3. The van der Waals surface area contributed by atoms with Crippen LogP contribution < -0.4 is 5.14 Å². The van der Waals surface area contributed by atoms with Crippen LogP contribution in [0, 0.1) is 11.3 Å². The third-order valence-electron chi connectivity index (χ3n) is 10.7. The highest BCUT2D eigenvalue weighted by molar-refractivity contribution is 7.77. The van der Waals surface area contributed by atoms with Gasteiger partial charge in [-0.2, -0.15) is 5.26 Å². The summed E-state index contributed by atoms with van der Waals surface area (Å²) in [5.41, 5.74) is 17.8. The predicted octanol–water partition coefficient (Wildman–Crippen LogP) is 13.6. The number of fused-ring (bicyclic) bond motifs is 4. The van der Waals surface area contributed by atoms with Gasteiger partial charge >= 0.3 is 0 Å². The molecular weight excluding hydrogens is 673 g/mol. The summed E-state index contributed by atoms with van der Waals surface area (Å²) in [5, 5.41) is 18.6. The predicted molar refractivity (Wildman–Crippen MR) is 231 cm³/mol. The fourth-order valence-electron chi connectivity index (χ4n) is 8.30. The molecule has 0 unspecified atom stereocenters. The number of hydrogen-bond acceptors (Lipinski definition) is 3.